The summed E-state index contributed by atoms with van der Waals surface area (Å²) in [5, 5.41) is 0.275. The quantitative estimate of drug-likeness (QED) is 0.705. The highest BCUT2D eigenvalue weighted by Crippen LogP contribution is 2.41. The molecule has 7 heteroatoms. The van der Waals surface area contributed by atoms with Crippen LogP contribution in [0.4, 0.5) is 4.39 Å². The fourth-order valence-corrected chi connectivity index (χ4v) is 6.54. The van der Waals surface area contributed by atoms with Crippen molar-refractivity contribution >= 4 is 21.6 Å². The molecule has 2 fully saturated rings. The van der Waals surface area contributed by atoms with Crippen LogP contribution in [0.15, 0.2) is 53.4 Å². The molecule has 1 spiro atoms. The molecule has 2 aromatic rings. The number of benzene rings is 2. The van der Waals surface area contributed by atoms with Gasteiger partial charge in [0.05, 0.1) is 5.02 Å². The highest BCUT2D eigenvalue weighted by atomic mass is 35.5. The van der Waals surface area contributed by atoms with Crippen LogP contribution in [0.5, 0.6) is 0 Å². The number of nitrogens with zero attached hydrogens (tertiary/aromatic N) is 2. The number of hydrogen-bond acceptors (Lipinski definition) is 3. The minimum absolute atomic E-state index is 0.188. The van der Waals surface area contributed by atoms with E-state index in [-0.39, 0.29) is 21.2 Å². The van der Waals surface area contributed by atoms with Gasteiger partial charge in [0.1, 0.15) is 10.7 Å². The molecule has 156 valence electrons. The summed E-state index contributed by atoms with van der Waals surface area (Å²) in [6.45, 7) is 3.98. The number of likely N-dealkylation sites (tertiary alicyclic amines) is 1. The van der Waals surface area contributed by atoms with E-state index in [2.05, 4.69) is 4.90 Å². The minimum atomic E-state index is -3.55. The van der Waals surface area contributed by atoms with Crippen LogP contribution < -0.4 is 0 Å². The monoisotopic (exact) mass is 436 g/mol. The molecule has 4 rings (SSSR count). The summed E-state index contributed by atoms with van der Waals surface area (Å²) in [6.07, 6.45) is 3.66. The van der Waals surface area contributed by atoms with E-state index in [9.17, 15) is 12.8 Å². The zero-order valence-electron chi connectivity index (χ0n) is 16.4. The second-order valence-corrected chi connectivity index (χ2v) is 10.6. The SMILES string of the molecule is O=S(=O)(c1ccccc1Cl)N1CCC2(CCN(CCc3cccc(F)c3)C2)CC1. The van der Waals surface area contributed by atoms with Crippen LogP contribution in [0, 0.1) is 11.2 Å². The van der Waals surface area contributed by atoms with Crippen molar-refractivity contribution in [3.05, 3.63) is 64.9 Å². The van der Waals surface area contributed by atoms with E-state index in [4.69, 9.17) is 11.6 Å². The molecular weight excluding hydrogens is 411 g/mol. The zero-order valence-corrected chi connectivity index (χ0v) is 17.9. The van der Waals surface area contributed by atoms with Gasteiger partial charge in [-0.2, -0.15) is 4.31 Å². The van der Waals surface area contributed by atoms with Crippen molar-refractivity contribution in [2.24, 2.45) is 5.41 Å². The summed E-state index contributed by atoms with van der Waals surface area (Å²) in [7, 11) is -3.55. The third-order valence-electron chi connectivity index (χ3n) is 6.36. The molecule has 0 aromatic heterocycles. The summed E-state index contributed by atoms with van der Waals surface area (Å²) in [6, 6.07) is 13.4. The highest BCUT2D eigenvalue weighted by molar-refractivity contribution is 7.89. The van der Waals surface area contributed by atoms with Crippen LogP contribution in [-0.4, -0.2) is 50.3 Å². The molecule has 2 saturated heterocycles. The maximum absolute atomic E-state index is 13.4. The molecule has 2 heterocycles. The largest absolute Gasteiger partial charge is 0.302 e. The van der Waals surface area contributed by atoms with Crippen LogP contribution in [0.3, 0.4) is 0 Å². The van der Waals surface area contributed by atoms with Gasteiger partial charge in [0.15, 0.2) is 0 Å². The molecule has 0 radical (unpaired) electrons. The topological polar surface area (TPSA) is 40.6 Å². The predicted octanol–water partition coefficient (Wildman–Crippen LogP) is 4.20. The van der Waals surface area contributed by atoms with Gasteiger partial charge in [-0.3, -0.25) is 0 Å². The van der Waals surface area contributed by atoms with Gasteiger partial charge in [0.2, 0.25) is 10.0 Å². The fourth-order valence-electron chi connectivity index (χ4n) is 4.60. The summed E-state index contributed by atoms with van der Waals surface area (Å²) < 4.78 is 40.9. The Morgan fingerprint density at radius 1 is 1.00 bits per heavy atom. The van der Waals surface area contributed by atoms with E-state index in [1.807, 2.05) is 6.07 Å². The smallest absolute Gasteiger partial charge is 0.244 e. The Labute approximate surface area is 177 Å². The van der Waals surface area contributed by atoms with Crippen LogP contribution in [0.2, 0.25) is 5.02 Å². The average molecular weight is 437 g/mol. The van der Waals surface area contributed by atoms with Crippen molar-refractivity contribution in [2.45, 2.75) is 30.6 Å². The molecule has 2 aliphatic heterocycles. The first-order chi connectivity index (χ1) is 13.9. The maximum atomic E-state index is 13.4. The lowest BCUT2D eigenvalue weighted by molar-refractivity contribution is 0.155. The first-order valence-electron chi connectivity index (χ1n) is 10.1. The Balaban J connectivity index is 1.34. The van der Waals surface area contributed by atoms with E-state index in [1.165, 1.54) is 6.07 Å². The number of sulfonamides is 1. The zero-order chi connectivity index (χ0) is 20.5. The lowest BCUT2D eigenvalue weighted by Gasteiger charge is -2.38. The average Bonchev–Trinajstić information content (AvgIpc) is 3.09. The Morgan fingerprint density at radius 2 is 1.72 bits per heavy atom. The number of piperidine rings is 1. The molecule has 0 unspecified atom stereocenters. The highest BCUT2D eigenvalue weighted by Gasteiger charge is 2.42. The normalized spacial score (nSPS) is 20.3. The van der Waals surface area contributed by atoms with E-state index in [0.717, 1.165) is 50.9 Å². The van der Waals surface area contributed by atoms with Gasteiger partial charge in [-0.1, -0.05) is 35.9 Å². The van der Waals surface area contributed by atoms with Gasteiger partial charge in [-0.05, 0) is 67.5 Å². The summed E-state index contributed by atoms with van der Waals surface area (Å²) in [4.78, 5) is 2.63. The number of hydrogen-bond donors (Lipinski definition) is 0. The van der Waals surface area contributed by atoms with Crippen LogP contribution in [-0.2, 0) is 16.4 Å². The molecule has 0 N–H and O–H groups in total. The lowest BCUT2D eigenvalue weighted by Crippen LogP contribution is -2.44. The van der Waals surface area contributed by atoms with Crippen LogP contribution >= 0.6 is 11.6 Å². The third-order valence-corrected chi connectivity index (χ3v) is 8.76. The molecule has 29 heavy (non-hydrogen) atoms. The van der Waals surface area contributed by atoms with E-state index in [0.29, 0.717) is 13.1 Å². The van der Waals surface area contributed by atoms with Gasteiger partial charge in [0.25, 0.3) is 0 Å². The van der Waals surface area contributed by atoms with Crippen LogP contribution in [0.25, 0.3) is 0 Å². The van der Waals surface area contributed by atoms with E-state index >= 15 is 0 Å². The summed E-state index contributed by atoms with van der Waals surface area (Å²) in [5.74, 6) is -0.188. The molecule has 2 aliphatic rings. The van der Waals surface area contributed by atoms with Crippen molar-refractivity contribution in [3.63, 3.8) is 0 Å². The van der Waals surface area contributed by atoms with Crippen molar-refractivity contribution < 1.29 is 12.8 Å². The number of halogens is 2. The predicted molar refractivity (Wildman–Crippen MR) is 113 cm³/mol. The van der Waals surface area contributed by atoms with E-state index < -0.39 is 10.0 Å². The molecular formula is C22H26ClFN2O2S. The van der Waals surface area contributed by atoms with Gasteiger partial charge >= 0.3 is 0 Å². The Kier molecular flexibility index (Phi) is 5.98. The van der Waals surface area contributed by atoms with Crippen molar-refractivity contribution in [1.29, 1.82) is 0 Å². The standard InChI is InChI=1S/C22H26ClFN2O2S/c23-20-6-1-2-7-21(20)29(27,28)26-14-10-22(11-15-26)9-13-25(17-22)12-8-18-4-3-5-19(24)16-18/h1-7,16H,8-15,17H2. The Hall–Kier alpha value is -1.47. The molecule has 0 bridgehead atoms. The molecule has 0 atom stereocenters. The second-order valence-electron chi connectivity index (χ2n) is 8.24. The van der Waals surface area contributed by atoms with Crippen LogP contribution in [0.1, 0.15) is 24.8 Å². The van der Waals surface area contributed by atoms with Gasteiger partial charge in [-0.25, -0.2) is 12.8 Å². The Bertz CT molecular complexity index is 974. The first-order valence-corrected chi connectivity index (χ1v) is 11.9. The molecule has 2 aromatic carbocycles. The molecule has 0 aliphatic carbocycles. The maximum Gasteiger partial charge on any atom is 0.244 e. The van der Waals surface area contributed by atoms with Crippen molar-refractivity contribution in [2.75, 3.05) is 32.7 Å². The van der Waals surface area contributed by atoms with Gasteiger partial charge < -0.3 is 4.90 Å². The fraction of sp³-hybridized carbons (Fsp3) is 0.455. The third kappa shape index (κ3) is 4.50. The minimum Gasteiger partial charge on any atom is -0.302 e. The van der Waals surface area contributed by atoms with E-state index in [1.54, 1.807) is 40.7 Å². The summed E-state index contributed by atoms with van der Waals surface area (Å²) in [5.41, 5.74) is 1.21. The van der Waals surface area contributed by atoms with Crippen molar-refractivity contribution in [3.8, 4) is 0 Å². The van der Waals surface area contributed by atoms with Gasteiger partial charge in [0, 0.05) is 26.2 Å². The Morgan fingerprint density at radius 3 is 2.45 bits per heavy atom. The van der Waals surface area contributed by atoms with Gasteiger partial charge in [-0.15, -0.1) is 0 Å². The second kappa shape index (κ2) is 8.34. The summed E-state index contributed by atoms with van der Waals surface area (Å²) >= 11 is 6.13. The first kappa shape index (κ1) is 20.8. The lowest BCUT2D eigenvalue weighted by atomic mass is 9.78. The molecule has 0 saturated carbocycles. The number of rotatable bonds is 5. The molecule has 0 amide bonds. The molecule has 4 nitrogen and oxygen atoms in total. The van der Waals surface area contributed by atoms with Crippen molar-refractivity contribution in [1.82, 2.24) is 9.21 Å².